The average Bonchev–Trinajstić information content (AvgIpc) is 2.88. The molecule has 5 aromatic rings. The lowest BCUT2D eigenvalue weighted by Gasteiger charge is -2.21. The molecule has 0 saturated heterocycles. The minimum Gasteiger partial charge on any atom is -0.382 e. The number of anilines is 2. The number of aromatic nitrogens is 6. The Morgan fingerprint density at radius 2 is 1.74 bits per heavy atom. The first kappa shape index (κ1) is 24.5. The van der Waals surface area contributed by atoms with Crippen LogP contribution in [-0.4, -0.2) is 29.5 Å². The lowest BCUT2D eigenvalue weighted by molar-refractivity contribution is 0.579. The standard InChI is InChI=1S/C27H20F2N8O/c1-15-5-3-6-21-23(15)27(38)37(19-12-17(28)11-18(29)13-19)26(36-21)16(2)35-25-20(24(30)33-14-34-25)7-8-22-31-9-4-10-32-22/h3-6,9-14,16H,1-2H3,(H3,30,33,34,35)/t16-/m0/s1. The number of nitrogen functional groups attached to an aromatic ring is 1. The largest absolute Gasteiger partial charge is 0.382 e. The normalized spacial score (nSPS) is 11.6. The molecule has 2 aromatic carbocycles. The van der Waals surface area contributed by atoms with Crippen LogP contribution < -0.4 is 16.6 Å². The molecule has 188 valence electrons. The molecule has 3 N–H and O–H groups in total. The highest BCUT2D eigenvalue weighted by atomic mass is 19.1. The molecule has 0 aliphatic carbocycles. The van der Waals surface area contributed by atoms with Crippen molar-refractivity contribution < 1.29 is 8.78 Å². The van der Waals surface area contributed by atoms with Gasteiger partial charge < -0.3 is 11.1 Å². The van der Waals surface area contributed by atoms with Crippen molar-refractivity contribution in [2.45, 2.75) is 19.9 Å². The third kappa shape index (κ3) is 4.75. The highest BCUT2D eigenvalue weighted by molar-refractivity contribution is 5.81. The predicted octanol–water partition coefficient (Wildman–Crippen LogP) is 3.71. The van der Waals surface area contributed by atoms with Gasteiger partial charge in [-0.2, -0.15) is 0 Å². The van der Waals surface area contributed by atoms with E-state index in [0.29, 0.717) is 16.5 Å². The third-order valence-corrected chi connectivity index (χ3v) is 5.72. The van der Waals surface area contributed by atoms with Gasteiger partial charge in [-0.1, -0.05) is 18.1 Å². The van der Waals surface area contributed by atoms with Crippen molar-refractivity contribution in [3.63, 3.8) is 0 Å². The first-order valence-electron chi connectivity index (χ1n) is 11.5. The Morgan fingerprint density at radius 3 is 2.47 bits per heavy atom. The van der Waals surface area contributed by atoms with E-state index >= 15 is 0 Å². The number of hydrogen-bond acceptors (Lipinski definition) is 8. The van der Waals surface area contributed by atoms with E-state index in [4.69, 9.17) is 10.7 Å². The third-order valence-electron chi connectivity index (χ3n) is 5.72. The van der Waals surface area contributed by atoms with Gasteiger partial charge in [-0.3, -0.25) is 9.36 Å². The van der Waals surface area contributed by atoms with Crippen molar-refractivity contribution in [2.24, 2.45) is 0 Å². The smallest absolute Gasteiger partial charge is 0.266 e. The van der Waals surface area contributed by atoms with Crippen LogP contribution in [0.4, 0.5) is 20.4 Å². The molecule has 0 aliphatic rings. The molecular weight excluding hydrogens is 490 g/mol. The summed E-state index contributed by atoms with van der Waals surface area (Å²) in [4.78, 5) is 34.8. The molecule has 0 bridgehead atoms. The maximum Gasteiger partial charge on any atom is 0.266 e. The maximum atomic E-state index is 14.2. The highest BCUT2D eigenvalue weighted by Crippen LogP contribution is 2.25. The van der Waals surface area contributed by atoms with Crippen molar-refractivity contribution in [1.29, 1.82) is 0 Å². The van der Waals surface area contributed by atoms with Gasteiger partial charge in [0.15, 0.2) is 0 Å². The zero-order valence-corrected chi connectivity index (χ0v) is 20.3. The van der Waals surface area contributed by atoms with Crippen LogP contribution in [0, 0.1) is 30.4 Å². The fourth-order valence-electron chi connectivity index (χ4n) is 4.00. The minimum absolute atomic E-state index is 0.00255. The van der Waals surface area contributed by atoms with Crippen LogP contribution >= 0.6 is 0 Å². The molecule has 0 aliphatic heterocycles. The van der Waals surface area contributed by atoms with Gasteiger partial charge in [0.05, 0.1) is 22.6 Å². The van der Waals surface area contributed by atoms with Crippen LogP contribution in [0.5, 0.6) is 0 Å². The van der Waals surface area contributed by atoms with Gasteiger partial charge >= 0.3 is 0 Å². The summed E-state index contributed by atoms with van der Waals surface area (Å²) in [5, 5.41) is 3.51. The maximum absolute atomic E-state index is 14.2. The van der Waals surface area contributed by atoms with E-state index in [-0.39, 0.29) is 34.5 Å². The number of nitrogens with zero attached hydrogens (tertiary/aromatic N) is 6. The summed E-state index contributed by atoms with van der Waals surface area (Å²) in [5.41, 5.74) is 7.02. The van der Waals surface area contributed by atoms with Crippen molar-refractivity contribution in [3.8, 4) is 17.5 Å². The summed E-state index contributed by atoms with van der Waals surface area (Å²) >= 11 is 0. The number of nitrogens with two attached hydrogens (primary N) is 1. The van der Waals surface area contributed by atoms with Gasteiger partial charge in [0.25, 0.3) is 5.56 Å². The van der Waals surface area contributed by atoms with Gasteiger partial charge in [-0.15, -0.1) is 0 Å². The Labute approximate surface area is 215 Å². The second-order valence-electron chi connectivity index (χ2n) is 8.38. The number of rotatable bonds is 4. The van der Waals surface area contributed by atoms with Crippen molar-refractivity contribution >= 4 is 22.5 Å². The van der Waals surface area contributed by atoms with Crippen molar-refractivity contribution in [3.05, 3.63) is 106 Å². The van der Waals surface area contributed by atoms with E-state index in [1.165, 1.54) is 10.9 Å². The Bertz CT molecular complexity index is 1770. The molecule has 5 rings (SSSR count). The summed E-state index contributed by atoms with van der Waals surface area (Å²) < 4.78 is 29.6. The molecule has 38 heavy (non-hydrogen) atoms. The number of hydrogen-bond donors (Lipinski definition) is 2. The second kappa shape index (κ2) is 10.0. The fourth-order valence-corrected chi connectivity index (χ4v) is 4.00. The molecule has 11 heteroatoms. The molecule has 0 spiro atoms. The molecule has 0 saturated carbocycles. The number of nitrogens with one attached hydrogen (secondary N) is 1. The first-order valence-corrected chi connectivity index (χ1v) is 11.5. The van der Waals surface area contributed by atoms with Crippen LogP contribution in [0.2, 0.25) is 0 Å². The molecule has 0 fully saturated rings. The van der Waals surface area contributed by atoms with Gasteiger partial charge in [0.2, 0.25) is 5.82 Å². The van der Waals surface area contributed by atoms with Crippen LogP contribution in [0.1, 0.15) is 35.7 Å². The van der Waals surface area contributed by atoms with E-state index < -0.39 is 23.2 Å². The molecule has 0 unspecified atom stereocenters. The van der Waals surface area contributed by atoms with Crippen molar-refractivity contribution in [1.82, 2.24) is 29.5 Å². The number of aryl methyl sites for hydroxylation is 1. The lowest BCUT2D eigenvalue weighted by atomic mass is 10.1. The topological polar surface area (TPSA) is 124 Å². The van der Waals surface area contributed by atoms with E-state index in [9.17, 15) is 13.6 Å². The van der Waals surface area contributed by atoms with Crippen LogP contribution in [0.3, 0.4) is 0 Å². The molecule has 0 amide bonds. The molecule has 9 nitrogen and oxygen atoms in total. The highest BCUT2D eigenvalue weighted by Gasteiger charge is 2.21. The van der Waals surface area contributed by atoms with Gasteiger partial charge in [0, 0.05) is 18.5 Å². The molecule has 1 atom stereocenters. The van der Waals surface area contributed by atoms with Gasteiger partial charge in [-0.25, -0.2) is 33.7 Å². The summed E-state index contributed by atoms with van der Waals surface area (Å²) in [7, 11) is 0. The van der Waals surface area contributed by atoms with E-state index in [0.717, 1.165) is 18.2 Å². The van der Waals surface area contributed by atoms with E-state index in [1.807, 2.05) is 0 Å². The monoisotopic (exact) mass is 510 g/mol. The Balaban J connectivity index is 1.65. The Hall–Kier alpha value is -5.24. The molecular formula is C27H20F2N8O. The minimum atomic E-state index is -0.826. The van der Waals surface area contributed by atoms with Crippen LogP contribution in [0.15, 0.2) is 66.0 Å². The second-order valence-corrected chi connectivity index (χ2v) is 8.38. The fraction of sp³-hybridized carbons (Fsp3) is 0.111. The average molecular weight is 511 g/mol. The van der Waals surface area contributed by atoms with Crippen molar-refractivity contribution in [2.75, 3.05) is 11.1 Å². The summed E-state index contributed by atoms with van der Waals surface area (Å²) in [6.45, 7) is 3.50. The Kier molecular flexibility index (Phi) is 6.45. The van der Waals surface area contributed by atoms with Crippen LogP contribution in [-0.2, 0) is 0 Å². The van der Waals surface area contributed by atoms with Crippen LogP contribution in [0.25, 0.3) is 16.6 Å². The predicted molar refractivity (Wildman–Crippen MR) is 138 cm³/mol. The first-order chi connectivity index (χ1) is 18.3. The summed E-state index contributed by atoms with van der Waals surface area (Å²) in [6, 6.07) is 9.12. The van der Waals surface area contributed by atoms with Gasteiger partial charge in [-0.05, 0) is 49.6 Å². The zero-order chi connectivity index (χ0) is 26.8. The Morgan fingerprint density at radius 1 is 1.00 bits per heavy atom. The number of halogens is 2. The molecule has 3 heterocycles. The number of benzene rings is 2. The lowest BCUT2D eigenvalue weighted by Crippen LogP contribution is -2.28. The molecule has 3 aromatic heterocycles. The molecule has 0 radical (unpaired) electrons. The SMILES string of the molecule is Cc1cccc2nc([C@H](C)Nc3ncnc(N)c3C#Cc3ncccn3)n(-c3cc(F)cc(F)c3)c(=O)c12. The van der Waals surface area contributed by atoms with Gasteiger partial charge in [0.1, 0.15) is 41.0 Å². The summed E-state index contributed by atoms with van der Waals surface area (Å²) in [5.74, 6) is 4.91. The van der Waals surface area contributed by atoms with E-state index in [1.54, 1.807) is 50.5 Å². The summed E-state index contributed by atoms with van der Waals surface area (Å²) in [6.07, 6.45) is 4.39. The quantitative estimate of drug-likeness (QED) is 0.351. The van der Waals surface area contributed by atoms with E-state index in [2.05, 4.69) is 37.1 Å². The zero-order valence-electron chi connectivity index (χ0n) is 20.3. The number of fused-ring (bicyclic) bond motifs is 1.